The minimum Gasteiger partial charge on any atom is -0.467 e. The number of fused-ring (bicyclic) bond motifs is 2. The minimum atomic E-state index is -1.22. The monoisotopic (exact) mass is 418 g/mol. The van der Waals surface area contributed by atoms with Gasteiger partial charge in [0.2, 0.25) is 0 Å². The number of nitrogens with one attached hydrogen (secondary N) is 1. The molecule has 2 unspecified atom stereocenters. The van der Waals surface area contributed by atoms with Gasteiger partial charge in [0.15, 0.2) is 0 Å². The van der Waals surface area contributed by atoms with E-state index in [0.29, 0.717) is 0 Å². The summed E-state index contributed by atoms with van der Waals surface area (Å²) in [6, 6.07) is 9.03. The molecule has 8 heteroatoms. The van der Waals surface area contributed by atoms with E-state index in [1.54, 1.807) is 25.7 Å². The summed E-state index contributed by atoms with van der Waals surface area (Å²) in [4.78, 5) is 39.6. The average molecular weight is 418 g/mol. The number of nitrogens with zero attached hydrogens (tertiary/aromatic N) is 1. The quantitative estimate of drug-likeness (QED) is 0.595. The lowest BCUT2D eigenvalue weighted by molar-refractivity contribution is -0.152. The van der Waals surface area contributed by atoms with Gasteiger partial charge in [-0.3, -0.25) is 0 Å². The number of carbonyl (C=O) groups is 3. The number of ether oxygens (including phenoxy) is 3. The van der Waals surface area contributed by atoms with Crippen molar-refractivity contribution in [2.75, 3.05) is 7.11 Å². The van der Waals surface area contributed by atoms with Gasteiger partial charge >= 0.3 is 18.2 Å². The molecule has 0 aliphatic carbocycles. The number of amides is 2. The van der Waals surface area contributed by atoms with Gasteiger partial charge < -0.3 is 24.4 Å². The molecule has 164 valence electrons. The number of carbonyl (C=O) groups excluding carboxylic acids is 3. The molecule has 2 atom stereocenters. The van der Waals surface area contributed by atoms with Crippen molar-refractivity contribution >= 4 is 18.2 Å². The van der Waals surface area contributed by atoms with Crippen LogP contribution in [0.4, 0.5) is 9.59 Å². The summed E-state index contributed by atoms with van der Waals surface area (Å²) in [5.74, 6) is -0.525. The van der Waals surface area contributed by atoms with Crippen LogP contribution in [-0.2, 0) is 25.6 Å². The summed E-state index contributed by atoms with van der Waals surface area (Å²) in [6.07, 6.45) is 0.917. The molecule has 1 N–H and O–H groups in total. The summed E-state index contributed by atoms with van der Waals surface area (Å²) in [5, 5.41) is 2.74. The molecule has 2 aliphatic rings. The van der Waals surface area contributed by atoms with Crippen molar-refractivity contribution in [1.29, 1.82) is 0 Å². The number of hydrogen-bond acceptors (Lipinski definition) is 6. The molecule has 2 saturated heterocycles. The molecule has 8 nitrogen and oxygen atoms in total. The van der Waals surface area contributed by atoms with Crippen LogP contribution in [0.2, 0.25) is 0 Å². The maximum Gasteiger partial charge on any atom is 0.410 e. The first-order chi connectivity index (χ1) is 14.1. The van der Waals surface area contributed by atoms with Gasteiger partial charge in [-0.25, -0.2) is 14.4 Å². The van der Waals surface area contributed by atoms with Crippen molar-refractivity contribution in [2.24, 2.45) is 0 Å². The molecule has 0 spiro atoms. The van der Waals surface area contributed by atoms with Gasteiger partial charge in [-0.05, 0) is 39.2 Å². The molecular weight excluding hydrogens is 388 g/mol. The number of benzene rings is 1. The summed E-state index contributed by atoms with van der Waals surface area (Å²) in [6.45, 7) is 5.46. The SMILES string of the molecule is COC(=O)C1(NC(=O)OC(C)(C)C)CC2CCC(C1)N2C(=O)OCc1ccccc1. The van der Waals surface area contributed by atoms with Crippen LogP contribution in [0.25, 0.3) is 0 Å². The topological polar surface area (TPSA) is 94.2 Å². The third-order valence-electron chi connectivity index (χ3n) is 5.52. The minimum absolute atomic E-state index is 0.188. The van der Waals surface area contributed by atoms with Crippen LogP contribution in [0.15, 0.2) is 30.3 Å². The zero-order chi connectivity index (χ0) is 21.9. The highest BCUT2D eigenvalue weighted by atomic mass is 16.6. The highest BCUT2D eigenvalue weighted by Crippen LogP contribution is 2.42. The number of methoxy groups -OCH3 is 1. The molecule has 2 heterocycles. The number of piperidine rings is 1. The van der Waals surface area contributed by atoms with Gasteiger partial charge in [-0.15, -0.1) is 0 Å². The van der Waals surface area contributed by atoms with Gasteiger partial charge in [0.05, 0.1) is 7.11 Å². The molecule has 0 radical (unpaired) electrons. The van der Waals surface area contributed by atoms with Gasteiger partial charge in [0.1, 0.15) is 17.7 Å². The fourth-order valence-electron chi connectivity index (χ4n) is 4.36. The molecule has 1 aromatic carbocycles. The first kappa shape index (κ1) is 21.9. The van der Waals surface area contributed by atoms with Gasteiger partial charge in [-0.1, -0.05) is 30.3 Å². The van der Waals surface area contributed by atoms with Crippen molar-refractivity contribution < 1.29 is 28.6 Å². The summed E-state index contributed by atoms with van der Waals surface area (Å²) in [5.41, 5.74) is -1.01. The molecule has 2 bridgehead atoms. The van der Waals surface area contributed by atoms with Crippen LogP contribution in [-0.4, -0.2) is 53.4 Å². The van der Waals surface area contributed by atoms with E-state index in [1.807, 2.05) is 30.3 Å². The van der Waals surface area contributed by atoms with Crippen molar-refractivity contribution in [3.05, 3.63) is 35.9 Å². The third-order valence-corrected chi connectivity index (χ3v) is 5.52. The fourth-order valence-corrected chi connectivity index (χ4v) is 4.36. The Kier molecular flexibility index (Phi) is 6.24. The Hall–Kier alpha value is -2.77. The number of alkyl carbamates (subject to hydrolysis) is 1. The van der Waals surface area contributed by atoms with Crippen molar-refractivity contribution in [3.8, 4) is 0 Å². The van der Waals surface area contributed by atoms with Crippen molar-refractivity contribution in [2.45, 2.75) is 76.3 Å². The molecule has 1 aromatic rings. The molecule has 3 rings (SSSR count). The Morgan fingerprint density at radius 2 is 1.70 bits per heavy atom. The Balaban J connectivity index is 1.70. The van der Waals surface area contributed by atoms with E-state index in [0.717, 1.165) is 18.4 Å². The number of hydrogen-bond donors (Lipinski definition) is 1. The fraction of sp³-hybridized carbons (Fsp3) is 0.591. The van der Waals surface area contributed by atoms with E-state index in [9.17, 15) is 14.4 Å². The second kappa shape index (κ2) is 8.53. The van der Waals surface area contributed by atoms with E-state index in [1.165, 1.54) is 7.11 Å². The summed E-state index contributed by atoms with van der Waals surface area (Å²) in [7, 11) is 1.29. The van der Waals surface area contributed by atoms with Crippen LogP contribution < -0.4 is 5.32 Å². The highest BCUT2D eigenvalue weighted by Gasteiger charge is 2.56. The van der Waals surface area contributed by atoms with E-state index >= 15 is 0 Å². The molecule has 0 saturated carbocycles. The molecule has 2 amide bonds. The average Bonchev–Trinajstić information content (AvgIpc) is 2.96. The molecule has 2 aliphatic heterocycles. The van der Waals surface area contributed by atoms with Gasteiger partial charge in [0, 0.05) is 24.9 Å². The van der Waals surface area contributed by atoms with Crippen LogP contribution in [0.5, 0.6) is 0 Å². The predicted molar refractivity (Wildman–Crippen MR) is 109 cm³/mol. The second-order valence-corrected chi connectivity index (χ2v) is 8.94. The Labute approximate surface area is 176 Å². The summed E-state index contributed by atoms with van der Waals surface area (Å²) >= 11 is 0. The van der Waals surface area contributed by atoms with Gasteiger partial charge in [0.25, 0.3) is 0 Å². The zero-order valence-electron chi connectivity index (χ0n) is 18.0. The van der Waals surface area contributed by atoms with Crippen molar-refractivity contribution in [3.63, 3.8) is 0 Å². The van der Waals surface area contributed by atoms with Crippen LogP contribution in [0.1, 0.15) is 52.0 Å². The maximum atomic E-state index is 12.8. The second-order valence-electron chi connectivity index (χ2n) is 8.94. The lowest BCUT2D eigenvalue weighted by Gasteiger charge is -2.44. The Morgan fingerprint density at radius 1 is 1.10 bits per heavy atom. The molecule has 0 aromatic heterocycles. The molecular formula is C22H30N2O6. The third kappa shape index (κ3) is 4.86. The van der Waals surface area contributed by atoms with Crippen LogP contribution in [0.3, 0.4) is 0 Å². The standard InChI is InChI=1S/C22H30N2O6/c1-21(2,3)30-19(26)23-22(18(25)28-4)12-16-10-11-17(13-22)24(16)20(27)29-14-15-8-6-5-7-9-15/h5-9,16-17H,10-14H2,1-4H3,(H,23,26). The first-order valence-electron chi connectivity index (χ1n) is 10.2. The number of rotatable bonds is 4. The zero-order valence-corrected chi connectivity index (χ0v) is 18.0. The summed E-state index contributed by atoms with van der Waals surface area (Å²) < 4.78 is 15.9. The van der Waals surface area contributed by atoms with Gasteiger partial charge in [-0.2, -0.15) is 0 Å². The number of esters is 1. The molecule has 30 heavy (non-hydrogen) atoms. The van der Waals surface area contributed by atoms with Crippen LogP contribution in [0, 0.1) is 0 Å². The predicted octanol–water partition coefficient (Wildman–Crippen LogP) is 3.39. The first-order valence-corrected chi connectivity index (χ1v) is 10.2. The smallest absolute Gasteiger partial charge is 0.410 e. The largest absolute Gasteiger partial charge is 0.467 e. The van der Waals surface area contributed by atoms with E-state index in [2.05, 4.69) is 5.32 Å². The van der Waals surface area contributed by atoms with Crippen LogP contribution >= 0.6 is 0 Å². The Bertz CT molecular complexity index is 775. The van der Waals surface area contributed by atoms with E-state index in [4.69, 9.17) is 14.2 Å². The molecule has 2 fully saturated rings. The maximum absolute atomic E-state index is 12.8. The Morgan fingerprint density at radius 3 is 2.23 bits per heavy atom. The lowest BCUT2D eigenvalue weighted by Crippen LogP contribution is -2.64. The van der Waals surface area contributed by atoms with E-state index < -0.39 is 29.3 Å². The highest BCUT2D eigenvalue weighted by molar-refractivity contribution is 5.86. The van der Waals surface area contributed by atoms with Crippen molar-refractivity contribution in [1.82, 2.24) is 10.2 Å². The lowest BCUT2D eigenvalue weighted by atomic mass is 9.83. The normalized spacial score (nSPS) is 25.4. The van der Waals surface area contributed by atoms with E-state index in [-0.39, 0.29) is 31.5 Å².